The highest BCUT2D eigenvalue weighted by atomic mass is 19.1. The van der Waals surface area contributed by atoms with E-state index in [2.05, 4.69) is 20.3 Å². The molecular formula is C11H11FN4. The van der Waals surface area contributed by atoms with E-state index >= 15 is 0 Å². The Morgan fingerprint density at radius 1 is 1.25 bits per heavy atom. The number of aryl methyl sites for hydroxylation is 1. The van der Waals surface area contributed by atoms with Gasteiger partial charge in [0.25, 0.3) is 0 Å². The first kappa shape index (κ1) is 10.5. The summed E-state index contributed by atoms with van der Waals surface area (Å²) in [4.78, 5) is 11.8. The maximum atomic E-state index is 12.8. The molecule has 0 aliphatic rings. The van der Waals surface area contributed by atoms with E-state index in [9.17, 15) is 4.39 Å². The molecule has 0 saturated heterocycles. The molecule has 16 heavy (non-hydrogen) atoms. The predicted molar refractivity (Wildman–Crippen MR) is 58.3 cm³/mol. The molecule has 0 bridgehead atoms. The molecule has 2 heterocycles. The third-order valence-corrected chi connectivity index (χ3v) is 2.03. The second-order valence-corrected chi connectivity index (χ2v) is 3.37. The van der Waals surface area contributed by atoms with Crippen LogP contribution in [0.15, 0.2) is 30.7 Å². The average Bonchev–Trinajstić information content (AvgIpc) is 2.28. The van der Waals surface area contributed by atoms with Gasteiger partial charge in [0.05, 0.1) is 24.1 Å². The lowest BCUT2D eigenvalue weighted by molar-refractivity contribution is 0.584. The van der Waals surface area contributed by atoms with Crippen LogP contribution in [-0.2, 0) is 6.54 Å². The summed E-state index contributed by atoms with van der Waals surface area (Å²) >= 11 is 0. The van der Waals surface area contributed by atoms with E-state index in [0.29, 0.717) is 12.2 Å². The van der Waals surface area contributed by atoms with Gasteiger partial charge in [-0.1, -0.05) is 0 Å². The van der Waals surface area contributed by atoms with Gasteiger partial charge in [-0.05, 0) is 13.0 Å². The molecule has 0 amide bonds. The largest absolute Gasteiger partial charge is 0.379 e. The first-order valence-corrected chi connectivity index (χ1v) is 4.87. The highest BCUT2D eigenvalue weighted by Gasteiger charge is 1.97. The topological polar surface area (TPSA) is 50.7 Å². The SMILES string of the molecule is Cc1cnc(CNc2ccnc(F)c2)cn1. The van der Waals surface area contributed by atoms with Crippen LogP contribution in [0, 0.1) is 12.9 Å². The smallest absolute Gasteiger partial charge is 0.214 e. The summed E-state index contributed by atoms with van der Waals surface area (Å²) in [5.74, 6) is -0.500. The van der Waals surface area contributed by atoms with Gasteiger partial charge in [-0.25, -0.2) is 4.98 Å². The first-order valence-electron chi connectivity index (χ1n) is 4.87. The summed E-state index contributed by atoms with van der Waals surface area (Å²) in [5, 5.41) is 3.04. The lowest BCUT2D eigenvalue weighted by Crippen LogP contribution is -2.03. The quantitative estimate of drug-likeness (QED) is 0.800. The third kappa shape index (κ3) is 2.73. The number of hydrogen-bond donors (Lipinski definition) is 1. The van der Waals surface area contributed by atoms with Crippen molar-refractivity contribution < 1.29 is 4.39 Å². The zero-order valence-electron chi connectivity index (χ0n) is 8.81. The second-order valence-electron chi connectivity index (χ2n) is 3.37. The van der Waals surface area contributed by atoms with Crippen molar-refractivity contribution >= 4 is 5.69 Å². The highest BCUT2D eigenvalue weighted by Crippen LogP contribution is 2.07. The van der Waals surface area contributed by atoms with Gasteiger partial charge in [-0.15, -0.1) is 0 Å². The Balaban J connectivity index is 1.99. The standard InChI is InChI=1S/C11H11FN4/c1-8-5-15-10(6-14-8)7-16-9-2-3-13-11(12)4-9/h2-6H,7H2,1H3,(H,13,16). The van der Waals surface area contributed by atoms with E-state index in [0.717, 1.165) is 11.4 Å². The van der Waals surface area contributed by atoms with Crippen LogP contribution in [0.1, 0.15) is 11.4 Å². The molecule has 5 heteroatoms. The zero-order valence-corrected chi connectivity index (χ0v) is 8.81. The second kappa shape index (κ2) is 4.65. The Kier molecular flexibility index (Phi) is 3.05. The summed E-state index contributed by atoms with van der Waals surface area (Å²) in [6.45, 7) is 2.39. The Morgan fingerprint density at radius 2 is 2.12 bits per heavy atom. The molecule has 0 saturated carbocycles. The number of pyridine rings is 1. The van der Waals surface area contributed by atoms with Gasteiger partial charge < -0.3 is 5.32 Å². The maximum absolute atomic E-state index is 12.8. The minimum Gasteiger partial charge on any atom is -0.379 e. The van der Waals surface area contributed by atoms with Crippen molar-refractivity contribution in [2.75, 3.05) is 5.32 Å². The average molecular weight is 218 g/mol. The van der Waals surface area contributed by atoms with Gasteiger partial charge in [0.1, 0.15) is 0 Å². The number of hydrogen-bond acceptors (Lipinski definition) is 4. The minimum absolute atomic E-state index is 0.500. The molecule has 0 spiro atoms. The summed E-state index contributed by atoms with van der Waals surface area (Å²) < 4.78 is 12.8. The maximum Gasteiger partial charge on any atom is 0.214 e. The van der Waals surface area contributed by atoms with Gasteiger partial charge in [-0.2, -0.15) is 4.39 Å². The van der Waals surface area contributed by atoms with Gasteiger partial charge in [-0.3, -0.25) is 9.97 Å². The minimum atomic E-state index is -0.500. The van der Waals surface area contributed by atoms with E-state index in [4.69, 9.17) is 0 Å². The van der Waals surface area contributed by atoms with Gasteiger partial charge in [0, 0.05) is 24.1 Å². The van der Waals surface area contributed by atoms with Crippen molar-refractivity contribution in [3.63, 3.8) is 0 Å². The molecule has 0 aromatic carbocycles. The molecule has 0 radical (unpaired) electrons. The van der Waals surface area contributed by atoms with Crippen LogP contribution >= 0.6 is 0 Å². The molecule has 2 aromatic heterocycles. The first-order chi connectivity index (χ1) is 7.74. The molecule has 0 atom stereocenters. The zero-order chi connectivity index (χ0) is 11.4. The predicted octanol–water partition coefficient (Wildman–Crippen LogP) is 1.93. The van der Waals surface area contributed by atoms with Crippen LogP contribution in [-0.4, -0.2) is 15.0 Å². The van der Waals surface area contributed by atoms with E-state index in [-0.39, 0.29) is 0 Å². The molecule has 0 unspecified atom stereocenters. The van der Waals surface area contributed by atoms with E-state index < -0.39 is 5.95 Å². The van der Waals surface area contributed by atoms with E-state index in [1.54, 1.807) is 18.5 Å². The molecule has 0 aliphatic heterocycles. The molecule has 4 nitrogen and oxygen atoms in total. The van der Waals surface area contributed by atoms with Gasteiger partial charge in [0.15, 0.2) is 0 Å². The Hall–Kier alpha value is -2.04. The molecule has 0 fully saturated rings. The fourth-order valence-corrected chi connectivity index (χ4v) is 1.22. The van der Waals surface area contributed by atoms with Crippen molar-refractivity contribution in [3.05, 3.63) is 48.1 Å². The van der Waals surface area contributed by atoms with Crippen LogP contribution < -0.4 is 5.32 Å². The lowest BCUT2D eigenvalue weighted by Gasteiger charge is -2.05. The van der Waals surface area contributed by atoms with Gasteiger partial charge in [0.2, 0.25) is 5.95 Å². The molecule has 2 aromatic rings. The van der Waals surface area contributed by atoms with Crippen LogP contribution in [0.3, 0.4) is 0 Å². The van der Waals surface area contributed by atoms with Crippen LogP contribution in [0.2, 0.25) is 0 Å². The van der Waals surface area contributed by atoms with Crippen molar-refractivity contribution in [2.24, 2.45) is 0 Å². The lowest BCUT2D eigenvalue weighted by atomic mass is 10.3. The van der Waals surface area contributed by atoms with Crippen LogP contribution in [0.5, 0.6) is 0 Å². The monoisotopic (exact) mass is 218 g/mol. The number of anilines is 1. The number of nitrogens with zero attached hydrogens (tertiary/aromatic N) is 3. The van der Waals surface area contributed by atoms with Crippen LogP contribution in [0.4, 0.5) is 10.1 Å². The summed E-state index contributed by atoms with van der Waals surface area (Å²) in [7, 11) is 0. The fraction of sp³-hybridized carbons (Fsp3) is 0.182. The van der Waals surface area contributed by atoms with Crippen molar-refractivity contribution in [2.45, 2.75) is 13.5 Å². The van der Waals surface area contributed by atoms with E-state index in [1.165, 1.54) is 12.3 Å². The molecule has 2 rings (SSSR count). The van der Waals surface area contributed by atoms with Crippen molar-refractivity contribution in [3.8, 4) is 0 Å². The van der Waals surface area contributed by atoms with Crippen LogP contribution in [0.25, 0.3) is 0 Å². The number of nitrogens with one attached hydrogen (secondary N) is 1. The number of rotatable bonds is 3. The normalized spacial score (nSPS) is 10.1. The number of aromatic nitrogens is 3. The summed E-state index contributed by atoms with van der Waals surface area (Å²) in [6.07, 6.45) is 4.81. The highest BCUT2D eigenvalue weighted by molar-refractivity contribution is 5.41. The summed E-state index contributed by atoms with van der Waals surface area (Å²) in [6, 6.07) is 3.03. The van der Waals surface area contributed by atoms with Gasteiger partial charge >= 0.3 is 0 Å². The Morgan fingerprint density at radius 3 is 2.81 bits per heavy atom. The number of halogens is 1. The Labute approximate surface area is 92.6 Å². The Bertz CT molecular complexity index is 470. The van der Waals surface area contributed by atoms with E-state index in [1.807, 2.05) is 6.92 Å². The molecule has 0 aliphatic carbocycles. The van der Waals surface area contributed by atoms with Crippen molar-refractivity contribution in [1.82, 2.24) is 15.0 Å². The summed E-state index contributed by atoms with van der Waals surface area (Å²) in [5.41, 5.74) is 2.36. The van der Waals surface area contributed by atoms with Crippen molar-refractivity contribution in [1.29, 1.82) is 0 Å². The third-order valence-electron chi connectivity index (χ3n) is 2.03. The molecule has 1 N–H and O–H groups in total. The fourth-order valence-electron chi connectivity index (χ4n) is 1.22. The molecular weight excluding hydrogens is 207 g/mol. The molecule has 82 valence electrons.